The number of rotatable bonds is 5. The fraction of sp³-hybridized carbons (Fsp3) is 1.00. The summed E-state index contributed by atoms with van der Waals surface area (Å²) in [6.07, 6.45) is 8.29. The first-order chi connectivity index (χ1) is 5.33. The smallest absolute Gasteiger partial charge is 0.0356 e. The molecule has 70 valence electrons. The highest BCUT2D eigenvalue weighted by molar-refractivity contribution is 7.37. The van der Waals surface area contributed by atoms with E-state index in [0.717, 1.165) is 0 Å². The van der Waals surface area contributed by atoms with Gasteiger partial charge in [-0.2, -0.15) is 0 Å². The van der Waals surface area contributed by atoms with Gasteiger partial charge in [0.1, 0.15) is 0 Å². The molecule has 0 aromatic heterocycles. The van der Waals surface area contributed by atoms with Crippen LogP contribution in [0.2, 0.25) is 0 Å². The summed E-state index contributed by atoms with van der Waals surface area (Å²) in [5.74, 6) is 0. The molecule has 0 saturated carbocycles. The van der Waals surface area contributed by atoms with E-state index in [9.17, 15) is 0 Å². The van der Waals surface area contributed by atoms with E-state index >= 15 is 0 Å². The van der Waals surface area contributed by atoms with Gasteiger partial charge in [-0.25, -0.2) is 0 Å². The molecule has 0 atom stereocenters. The SMILES string of the molecule is CCCC.CCCPCCC. The van der Waals surface area contributed by atoms with Crippen LogP contribution in [0.25, 0.3) is 0 Å². The minimum absolute atomic E-state index is 1.23. The second kappa shape index (κ2) is 16.8. The molecule has 0 aliphatic rings. The Morgan fingerprint density at radius 3 is 1.18 bits per heavy atom. The van der Waals surface area contributed by atoms with Crippen LogP contribution in [0.5, 0.6) is 0 Å². The first kappa shape index (κ1) is 14.0. The fourth-order valence-corrected chi connectivity index (χ4v) is 1.44. The van der Waals surface area contributed by atoms with E-state index in [4.69, 9.17) is 0 Å². The van der Waals surface area contributed by atoms with Crippen molar-refractivity contribution in [1.29, 1.82) is 0 Å². The molecule has 0 saturated heterocycles. The van der Waals surface area contributed by atoms with Crippen molar-refractivity contribution in [2.75, 3.05) is 12.3 Å². The Morgan fingerprint density at radius 1 is 0.636 bits per heavy atom. The van der Waals surface area contributed by atoms with Gasteiger partial charge in [0.2, 0.25) is 0 Å². The quantitative estimate of drug-likeness (QED) is 0.433. The molecule has 0 unspecified atom stereocenters. The molecule has 0 aromatic rings. The molecule has 0 aromatic carbocycles. The van der Waals surface area contributed by atoms with Crippen molar-refractivity contribution in [1.82, 2.24) is 0 Å². The molecule has 0 fully saturated rings. The normalized spacial score (nSPS) is 8.73. The van der Waals surface area contributed by atoms with Crippen LogP contribution >= 0.6 is 8.58 Å². The first-order valence-corrected chi connectivity index (χ1v) is 6.45. The van der Waals surface area contributed by atoms with Gasteiger partial charge in [-0.05, 0) is 12.3 Å². The Morgan fingerprint density at radius 2 is 1.00 bits per heavy atom. The Balaban J connectivity index is 0. The molecule has 0 aliphatic heterocycles. The summed E-state index contributed by atoms with van der Waals surface area (Å²) in [6.45, 7) is 8.87. The second-order valence-corrected chi connectivity index (χ2v) is 4.25. The molecule has 0 heterocycles. The molecule has 0 nitrogen and oxygen atoms in total. The lowest BCUT2D eigenvalue weighted by Gasteiger charge is -1.91. The third kappa shape index (κ3) is 25.1. The maximum Gasteiger partial charge on any atom is -0.0356 e. The predicted octanol–water partition coefficient (Wildman–Crippen LogP) is 4.29. The van der Waals surface area contributed by atoms with Crippen LogP contribution in [0.3, 0.4) is 0 Å². The van der Waals surface area contributed by atoms with Crippen molar-refractivity contribution < 1.29 is 0 Å². The summed E-state index contributed by atoms with van der Waals surface area (Å²) in [5, 5.41) is 0. The van der Waals surface area contributed by atoms with Gasteiger partial charge in [-0.3, -0.25) is 0 Å². The van der Waals surface area contributed by atoms with Crippen LogP contribution in [0, 0.1) is 0 Å². The minimum atomic E-state index is 1.23. The molecular weight excluding hydrogens is 151 g/mol. The van der Waals surface area contributed by atoms with Gasteiger partial charge in [0.15, 0.2) is 0 Å². The Bertz CT molecular complexity index is 38.1. The highest BCUT2D eigenvalue weighted by Gasteiger charge is 1.79. The maximum absolute atomic E-state index is 2.25. The van der Waals surface area contributed by atoms with E-state index in [1.807, 2.05) is 0 Å². The minimum Gasteiger partial charge on any atom is -0.122 e. The van der Waals surface area contributed by atoms with E-state index in [1.165, 1.54) is 46.6 Å². The average Bonchev–Trinajstić information content (AvgIpc) is 2.06. The summed E-state index contributed by atoms with van der Waals surface area (Å²) in [6, 6.07) is 0. The van der Waals surface area contributed by atoms with Gasteiger partial charge in [0.05, 0.1) is 0 Å². The van der Waals surface area contributed by atoms with Crippen molar-refractivity contribution in [2.24, 2.45) is 0 Å². The topological polar surface area (TPSA) is 0 Å². The van der Waals surface area contributed by atoms with Crippen LogP contribution in [-0.2, 0) is 0 Å². The van der Waals surface area contributed by atoms with E-state index in [2.05, 4.69) is 27.7 Å². The van der Waals surface area contributed by atoms with E-state index < -0.39 is 0 Å². The van der Waals surface area contributed by atoms with Crippen molar-refractivity contribution >= 4 is 8.58 Å². The molecule has 0 radical (unpaired) electrons. The molecule has 0 rings (SSSR count). The van der Waals surface area contributed by atoms with Crippen molar-refractivity contribution in [3.8, 4) is 0 Å². The summed E-state index contributed by atoms with van der Waals surface area (Å²) >= 11 is 0. The number of hydrogen-bond donors (Lipinski definition) is 0. The van der Waals surface area contributed by atoms with Crippen molar-refractivity contribution in [3.63, 3.8) is 0 Å². The van der Waals surface area contributed by atoms with Gasteiger partial charge in [-0.15, -0.1) is 8.58 Å². The van der Waals surface area contributed by atoms with Crippen LogP contribution in [0.15, 0.2) is 0 Å². The lowest BCUT2D eigenvalue weighted by atomic mass is 10.4. The Kier molecular flexibility index (Phi) is 21.4. The second-order valence-electron chi connectivity index (χ2n) is 2.75. The molecular formula is C10H25P. The maximum atomic E-state index is 2.25. The molecule has 0 aliphatic carbocycles. The van der Waals surface area contributed by atoms with Crippen LogP contribution in [0.4, 0.5) is 0 Å². The summed E-state index contributed by atoms with van der Waals surface area (Å²) < 4.78 is 0. The van der Waals surface area contributed by atoms with Gasteiger partial charge in [-0.1, -0.05) is 53.4 Å². The predicted molar refractivity (Wildman–Crippen MR) is 59.2 cm³/mol. The molecule has 0 N–H and O–H groups in total. The van der Waals surface area contributed by atoms with Gasteiger partial charge in [0.25, 0.3) is 0 Å². The van der Waals surface area contributed by atoms with E-state index in [0.29, 0.717) is 0 Å². The third-order valence-corrected chi connectivity index (χ3v) is 3.06. The summed E-state index contributed by atoms with van der Waals surface area (Å²) in [4.78, 5) is 0. The molecule has 0 spiro atoms. The van der Waals surface area contributed by atoms with Crippen LogP contribution in [-0.4, -0.2) is 12.3 Å². The van der Waals surface area contributed by atoms with Crippen molar-refractivity contribution in [2.45, 2.75) is 53.4 Å². The van der Waals surface area contributed by atoms with Crippen molar-refractivity contribution in [3.05, 3.63) is 0 Å². The zero-order valence-electron chi connectivity index (χ0n) is 8.74. The fourth-order valence-electron chi connectivity index (χ4n) is 0.479. The monoisotopic (exact) mass is 176 g/mol. The molecule has 1 heteroatoms. The average molecular weight is 176 g/mol. The highest BCUT2D eigenvalue weighted by Crippen LogP contribution is 2.10. The zero-order valence-corrected chi connectivity index (χ0v) is 9.74. The molecule has 0 bridgehead atoms. The number of unbranched alkanes of at least 4 members (excludes halogenated alkanes) is 1. The van der Waals surface area contributed by atoms with Crippen LogP contribution in [0.1, 0.15) is 53.4 Å². The number of hydrogen-bond acceptors (Lipinski definition) is 0. The standard InChI is InChI=1S/C6H15P.C4H10/c1-3-5-7-6-4-2;1-3-4-2/h7H,3-6H2,1-2H3;3-4H2,1-2H3. The lowest BCUT2D eigenvalue weighted by molar-refractivity contribution is 0.886. The zero-order chi connectivity index (χ0) is 8.95. The van der Waals surface area contributed by atoms with E-state index in [-0.39, 0.29) is 0 Å². The van der Waals surface area contributed by atoms with Crippen LogP contribution < -0.4 is 0 Å². The largest absolute Gasteiger partial charge is 0.122 e. The summed E-state index contributed by atoms with van der Waals surface area (Å²) in [5.41, 5.74) is 0. The third-order valence-electron chi connectivity index (χ3n) is 1.35. The van der Waals surface area contributed by atoms with Gasteiger partial charge >= 0.3 is 0 Å². The lowest BCUT2D eigenvalue weighted by Crippen LogP contribution is -1.72. The molecule has 0 amide bonds. The Labute approximate surface area is 74.9 Å². The van der Waals surface area contributed by atoms with E-state index in [1.54, 1.807) is 0 Å². The summed E-state index contributed by atoms with van der Waals surface area (Å²) in [7, 11) is 1.23. The molecule has 11 heavy (non-hydrogen) atoms. The highest BCUT2D eigenvalue weighted by atomic mass is 31.1. The first-order valence-electron chi connectivity index (χ1n) is 5.04. The van der Waals surface area contributed by atoms with Gasteiger partial charge in [0, 0.05) is 0 Å². The van der Waals surface area contributed by atoms with Gasteiger partial charge < -0.3 is 0 Å². The Hall–Kier alpha value is 0.430.